The summed E-state index contributed by atoms with van der Waals surface area (Å²) in [6.45, 7) is 6.07. The van der Waals surface area contributed by atoms with Gasteiger partial charge in [-0.2, -0.15) is 5.10 Å². The van der Waals surface area contributed by atoms with Crippen molar-refractivity contribution in [1.82, 2.24) is 14.7 Å². The largest absolute Gasteiger partial charge is 0.492 e. The van der Waals surface area contributed by atoms with Crippen LogP contribution in [-0.4, -0.2) is 60.7 Å². The Morgan fingerprint density at radius 2 is 1.59 bits per heavy atom. The normalized spacial score (nSPS) is 14.4. The Morgan fingerprint density at radius 1 is 0.824 bits per heavy atom. The van der Waals surface area contributed by atoms with Crippen molar-refractivity contribution in [3.63, 3.8) is 0 Å². The van der Waals surface area contributed by atoms with Gasteiger partial charge in [0.15, 0.2) is 0 Å². The number of hydrogen-bond donors (Lipinski definition) is 0. The number of hydrogen-bond acceptors (Lipinski definition) is 5. The molecule has 3 aromatic carbocycles. The van der Waals surface area contributed by atoms with Crippen molar-refractivity contribution < 1.29 is 14.2 Å². The Kier molecular flexibility index (Phi) is 7.43. The first-order chi connectivity index (χ1) is 16.7. The summed E-state index contributed by atoms with van der Waals surface area (Å²) < 4.78 is 20.6. The maximum absolute atomic E-state index is 6.17. The average molecular weight is 522 g/mol. The Bertz CT molecular complexity index is 1220. The first-order valence-electron chi connectivity index (χ1n) is 11.6. The molecule has 0 atom stereocenters. The van der Waals surface area contributed by atoms with E-state index in [0.717, 1.165) is 65.6 Å². The van der Waals surface area contributed by atoms with Crippen LogP contribution in [0.3, 0.4) is 0 Å². The predicted octanol–water partition coefficient (Wildman–Crippen LogP) is 5.26. The van der Waals surface area contributed by atoms with E-state index in [1.54, 1.807) is 0 Å². The van der Waals surface area contributed by atoms with E-state index in [2.05, 4.69) is 57.2 Å². The van der Waals surface area contributed by atoms with Crippen LogP contribution in [0.1, 0.15) is 0 Å². The fourth-order valence-electron chi connectivity index (χ4n) is 4.06. The zero-order valence-electron chi connectivity index (χ0n) is 19.0. The minimum atomic E-state index is 0.498. The van der Waals surface area contributed by atoms with Gasteiger partial charge in [-0.05, 0) is 35.0 Å². The second kappa shape index (κ2) is 11.0. The van der Waals surface area contributed by atoms with Crippen molar-refractivity contribution in [1.29, 1.82) is 0 Å². The molecular formula is C27H28BrN3O3. The maximum Gasteiger partial charge on any atom is 0.212 e. The monoisotopic (exact) mass is 521 g/mol. The van der Waals surface area contributed by atoms with Crippen LogP contribution in [0.15, 0.2) is 77.3 Å². The lowest BCUT2D eigenvalue weighted by atomic mass is 10.1. The number of rotatable bonds is 9. The van der Waals surface area contributed by atoms with E-state index in [-0.39, 0.29) is 0 Å². The Hall–Kier alpha value is -2.87. The molecule has 0 amide bonds. The molecule has 7 heteroatoms. The van der Waals surface area contributed by atoms with Gasteiger partial charge in [-0.15, -0.1) is 0 Å². The molecule has 4 aromatic rings. The summed E-state index contributed by atoms with van der Waals surface area (Å²) in [4.78, 5) is 2.36. The fourth-order valence-corrected chi connectivity index (χ4v) is 4.44. The number of nitrogens with zero attached hydrogens (tertiary/aromatic N) is 3. The van der Waals surface area contributed by atoms with Gasteiger partial charge in [0.1, 0.15) is 19.0 Å². The molecular weight excluding hydrogens is 494 g/mol. The van der Waals surface area contributed by atoms with Crippen molar-refractivity contribution in [2.45, 2.75) is 6.54 Å². The molecule has 0 unspecified atom stereocenters. The number of halogens is 1. The number of benzene rings is 3. The van der Waals surface area contributed by atoms with Crippen molar-refractivity contribution in [2.24, 2.45) is 0 Å². The average Bonchev–Trinajstić information content (AvgIpc) is 3.28. The molecule has 34 heavy (non-hydrogen) atoms. The van der Waals surface area contributed by atoms with Gasteiger partial charge in [-0.3, -0.25) is 4.90 Å². The molecule has 0 radical (unpaired) electrons. The Labute approximate surface area is 208 Å². The van der Waals surface area contributed by atoms with E-state index in [0.29, 0.717) is 19.8 Å². The minimum Gasteiger partial charge on any atom is -0.492 e. The highest BCUT2D eigenvalue weighted by Crippen LogP contribution is 2.25. The summed E-state index contributed by atoms with van der Waals surface area (Å²) in [5.41, 5.74) is 1.97. The van der Waals surface area contributed by atoms with Crippen LogP contribution in [0.5, 0.6) is 11.6 Å². The van der Waals surface area contributed by atoms with E-state index < -0.39 is 0 Å². The maximum atomic E-state index is 6.17. The van der Waals surface area contributed by atoms with Crippen molar-refractivity contribution in [3.05, 3.63) is 77.3 Å². The van der Waals surface area contributed by atoms with Crippen LogP contribution in [0.4, 0.5) is 0 Å². The second-order valence-corrected chi connectivity index (χ2v) is 9.18. The standard InChI is InChI=1S/C27H28BrN3O3/c28-24-8-6-23-19-25(9-7-22(23)18-24)33-17-13-31-27(34-16-12-30-10-14-32-15-11-30)20-26(29-31)21-4-2-1-3-5-21/h1-9,18-20H,10-17H2. The third-order valence-electron chi connectivity index (χ3n) is 5.92. The van der Waals surface area contributed by atoms with Crippen molar-refractivity contribution in [2.75, 3.05) is 46.1 Å². The van der Waals surface area contributed by atoms with Crippen LogP contribution in [-0.2, 0) is 11.3 Å². The number of aromatic nitrogens is 2. The molecule has 0 N–H and O–H groups in total. The molecule has 0 bridgehead atoms. The van der Waals surface area contributed by atoms with Gasteiger partial charge in [-0.25, -0.2) is 4.68 Å². The van der Waals surface area contributed by atoms with E-state index in [9.17, 15) is 0 Å². The van der Waals surface area contributed by atoms with Crippen LogP contribution < -0.4 is 9.47 Å². The predicted molar refractivity (Wildman–Crippen MR) is 138 cm³/mol. The topological polar surface area (TPSA) is 48.8 Å². The Balaban J connectivity index is 1.25. The van der Waals surface area contributed by atoms with Gasteiger partial charge < -0.3 is 14.2 Å². The molecule has 1 aromatic heterocycles. The summed E-state index contributed by atoms with van der Waals surface area (Å²) in [7, 11) is 0. The fraction of sp³-hybridized carbons (Fsp3) is 0.296. The summed E-state index contributed by atoms with van der Waals surface area (Å²) in [5, 5.41) is 7.14. The molecule has 0 spiro atoms. The van der Waals surface area contributed by atoms with Gasteiger partial charge in [0, 0.05) is 35.7 Å². The van der Waals surface area contributed by atoms with Gasteiger partial charge in [0.25, 0.3) is 0 Å². The highest BCUT2D eigenvalue weighted by molar-refractivity contribution is 9.10. The zero-order chi connectivity index (χ0) is 23.2. The van der Waals surface area contributed by atoms with Gasteiger partial charge in [0.2, 0.25) is 5.88 Å². The minimum absolute atomic E-state index is 0.498. The molecule has 0 saturated carbocycles. The number of ether oxygens (including phenoxy) is 3. The molecule has 0 aliphatic carbocycles. The van der Waals surface area contributed by atoms with E-state index in [4.69, 9.17) is 19.3 Å². The third-order valence-corrected chi connectivity index (χ3v) is 6.41. The van der Waals surface area contributed by atoms with Crippen LogP contribution >= 0.6 is 15.9 Å². The molecule has 176 valence electrons. The SMILES string of the molecule is Brc1ccc2cc(OCCn3nc(-c4ccccc4)cc3OCCN3CCOCC3)ccc2c1. The first-order valence-corrected chi connectivity index (χ1v) is 12.4. The highest BCUT2D eigenvalue weighted by atomic mass is 79.9. The van der Waals surface area contributed by atoms with Crippen molar-refractivity contribution in [3.8, 4) is 22.9 Å². The molecule has 1 aliphatic heterocycles. The first kappa shape index (κ1) is 22.9. The van der Waals surface area contributed by atoms with E-state index in [1.807, 2.05) is 41.1 Å². The lowest BCUT2D eigenvalue weighted by Crippen LogP contribution is -2.38. The zero-order valence-corrected chi connectivity index (χ0v) is 20.6. The third kappa shape index (κ3) is 5.78. The van der Waals surface area contributed by atoms with Crippen molar-refractivity contribution >= 4 is 26.7 Å². The van der Waals surface area contributed by atoms with Crippen LogP contribution in [0.25, 0.3) is 22.0 Å². The lowest BCUT2D eigenvalue weighted by Gasteiger charge is -2.26. The van der Waals surface area contributed by atoms with Gasteiger partial charge in [-0.1, -0.05) is 58.4 Å². The molecule has 1 saturated heterocycles. The Morgan fingerprint density at radius 3 is 2.44 bits per heavy atom. The summed E-state index contributed by atoms with van der Waals surface area (Å²) >= 11 is 3.52. The summed E-state index contributed by atoms with van der Waals surface area (Å²) in [6.07, 6.45) is 0. The number of morpholine rings is 1. The summed E-state index contributed by atoms with van der Waals surface area (Å²) in [6, 6.07) is 24.6. The molecule has 1 aliphatic rings. The quantitative estimate of drug-likeness (QED) is 0.300. The van der Waals surface area contributed by atoms with E-state index in [1.165, 1.54) is 5.39 Å². The highest BCUT2D eigenvalue weighted by Gasteiger charge is 2.14. The van der Waals surface area contributed by atoms with E-state index >= 15 is 0 Å². The second-order valence-electron chi connectivity index (χ2n) is 8.26. The lowest BCUT2D eigenvalue weighted by molar-refractivity contribution is 0.0316. The number of fused-ring (bicyclic) bond motifs is 1. The molecule has 6 nitrogen and oxygen atoms in total. The molecule has 1 fully saturated rings. The van der Waals surface area contributed by atoms with Crippen LogP contribution in [0.2, 0.25) is 0 Å². The smallest absolute Gasteiger partial charge is 0.212 e. The van der Waals surface area contributed by atoms with Gasteiger partial charge >= 0.3 is 0 Å². The van der Waals surface area contributed by atoms with Gasteiger partial charge in [0.05, 0.1) is 25.5 Å². The molecule has 2 heterocycles. The summed E-state index contributed by atoms with van der Waals surface area (Å²) in [5.74, 6) is 1.61. The van der Waals surface area contributed by atoms with Crippen LogP contribution in [0, 0.1) is 0 Å². The molecule has 5 rings (SSSR count).